The topological polar surface area (TPSA) is 79.3 Å². The molecule has 16 heavy (non-hydrogen) atoms. The monoisotopic (exact) mass is 284 g/mol. The van der Waals surface area contributed by atoms with Crippen LogP contribution in [0.5, 0.6) is 0 Å². The number of aromatic nitrogens is 1. The van der Waals surface area contributed by atoms with Gasteiger partial charge in [0, 0.05) is 13.2 Å². The lowest BCUT2D eigenvalue weighted by Crippen LogP contribution is -2.29. The van der Waals surface area contributed by atoms with E-state index < -0.39 is 10.0 Å². The average molecular weight is 285 g/mol. The minimum Gasteiger partial charge on any atom is -0.396 e. The van der Waals surface area contributed by atoms with Gasteiger partial charge in [-0.05, 0) is 12.8 Å². The van der Waals surface area contributed by atoms with Gasteiger partial charge < -0.3 is 5.11 Å². The van der Waals surface area contributed by atoms with E-state index >= 15 is 0 Å². The smallest absolute Gasteiger partial charge is 0.251 e. The number of sulfonamides is 1. The molecule has 0 saturated heterocycles. The maximum atomic E-state index is 11.8. The van der Waals surface area contributed by atoms with Gasteiger partial charge in [-0.3, -0.25) is 0 Å². The first kappa shape index (κ1) is 13.9. The Labute approximate surface area is 104 Å². The quantitative estimate of drug-likeness (QED) is 0.846. The van der Waals surface area contributed by atoms with Crippen LogP contribution in [0.4, 0.5) is 0 Å². The minimum absolute atomic E-state index is 0.0645. The number of hydrogen-bond acceptors (Lipinski definition) is 5. The molecular weight excluding hydrogens is 272 g/mol. The van der Waals surface area contributed by atoms with Crippen LogP contribution in [-0.4, -0.2) is 31.7 Å². The largest absolute Gasteiger partial charge is 0.396 e. The summed E-state index contributed by atoms with van der Waals surface area (Å²) in [4.78, 5) is 3.84. The molecule has 0 bridgehead atoms. The van der Waals surface area contributed by atoms with E-state index in [0.717, 1.165) is 11.3 Å². The lowest BCUT2D eigenvalue weighted by Gasteiger charge is -2.09. The van der Waals surface area contributed by atoms with Gasteiger partial charge in [-0.2, -0.15) is 0 Å². The Hall–Kier alpha value is -0.210. The van der Waals surface area contributed by atoms with Gasteiger partial charge >= 0.3 is 0 Å². The standard InChI is InChI=1S/C8H13ClN2O3S2/c1-5(4-12)3-10-16(13,14)7-6(2)11-8(9)15-7/h5,10,12H,3-4H2,1-2H3. The number of halogens is 1. The van der Waals surface area contributed by atoms with Crippen molar-refractivity contribution >= 4 is 33.0 Å². The van der Waals surface area contributed by atoms with Crippen molar-refractivity contribution in [2.75, 3.05) is 13.2 Å². The Morgan fingerprint density at radius 2 is 2.25 bits per heavy atom. The van der Waals surface area contributed by atoms with Crippen LogP contribution in [0, 0.1) is 12.8 Å². The van der Waals surface area contributed by atoms with Crippen LogP contribution < -0.4 is 4.72 Å². The SMILES string of the molecule is Cc1nc(Cl)sc1S(=O)(=O)NCC(C)CO. The molecule has 1 atom stereocenters. The molecule has 0 spiro atoms. The lowest BCUT2D eigenvalue weighted by atomic mass is 10.2. The van der Waals surface area contributed by atoms with Gasteiger partial charge in [0.25, 0.3) is 10.0 Å². The molecular formula is C8H13ClN2O3S2. The van der Waals surface area contributed by atoms with Crippen LogP contribution >= 0.6 is 22.9 Å². The van der Waals surface area contributed by atoms with E-state index in [9.17, 15) is 8.42 Å². The van der Waals surface area contributed by atoms with Gasteiger partial charge in [0.2, 0.25) is 0 Å². The van der Waals surface area contributed by atoms with E-state index in [-0.39, 0.29) is 27.7 Å². The minimum atomic E-state index is -3.56. The zero-order valence-electron chi connectivity index (χ0n) is 8.90. The van der Waals surface area contributed by atoms with E-state index in [1.54, 1.807) is 13.8 Å². The maximum Gasteiger partial charge on any atom is 0.251 e. The fourth-order valence-electron chi connectivity index (χ4n) is 0.982. The Bertz CT molecular complexity index is 458. The third-order valence-electron chi connectivity index (χ3n) is 1.91. The Balaban J connectivity index is 2.82. The van der Waals surface area contributed by atoms with Crippen molar-refractivity contribution in [3.8, 4) is 0 Å². The molecule has 92 valence electrons. The van der Waals surface area contributed by atoms with Crippen molar-refractivity contribution in [2.24, 2.45) is 5.92 Å². The van der Waals surface area contributed by atoms with Crippen molar-refractivity contribution in [3.05, 3.63) is 10.2 Å². The normalized spacial score (nSPS) is 14.0. The molecule has 0 radical (unpaired) electrons. The average Bonchev–Trinajstić information content (AvgIpc) is 2.55. The molecule has 1 aromatic rings. The molecule has 0 amide bonds. The van der Waals surface area contributed by atoms with Crippen LogP contribution in [0.2, 0.25) is 4.47 Å². The summed E-state index contributed by atoms with van der Waals surface area (Å²) in [5, 5.41) is 8.80. The maximum absolute atomic E-state index is 11.8. The summed E-state index contributed by atoms with van der Waals surface area (Å²) >= 11 is 6.56. The summed E-state index contributed by atoms with van der Waals surface area (Å²) in [7, 11) is -3.56. The van der Waals surface area contributed by atoms with Crippen molar-refractivity contribution in [2.45, 2.75) is 18.1 Å². The molecule has 0 fully saturated rings. The van der Waals surface area contributed by atoms with Gasteiger partial charge in [-0.25, -0.2) is 18.1 Å². The van der Waals surface area contributed by atoms with Crippen LogP contribution in [0.3, 0.4) is 0 Å². The number of aliphatic hydroxyl groups excluding tert-OH is 1. The second-order valence-electron chi connectivity index (χ2n) is 3.48. The Morgan fingerprint density at radius 1 is 1.62 bits per heavy atom. The van der Waals surface area contributed by atoms with Gasteiger partial charge in [-0.1, -0.05) is 29.9 Å². The van der Waals surface area contributed by atoms with Crippen molar-refractivity contribution < 1.29 is 13.5 Å². The van der Waals surface area contributed by atoms with E-state index in [1.807, 2.05) is 0 Å². The molecule has 1 rings (SSSR count). The van der Waals surface area contributed by atoms with Crippen LogP contribution in [0.1, 0.15) is 12.6 Å². The lowest BCUT2D eigenvalue weighted by molar-refractivity contribution is 0.238. The third-order valence-corrected chi connectivity index (χ3v) is 5.20. The number of aryl methyl sites for hydroxylation is 1. The molecule has 1 unspecified atom stereocenters. The Morgan fingerprint density at radius 3 is 2.69 bits per heavy atom. The van der Waals surface area contributed by atoms with Gasteiger partial charge in [0.1, 0.15) is 0 Å². The molecule has 0 aliphatic heterocycles. The summed E-state index contributed by atoms with van der Waals surface area (Å²) in [6.07, 6.45) is 0. The van der Waals surface area contributed by atoms with Crippen molar-refractivity contribution in [1.29, 1.82) is 0 Å². The summed E-state index contributed by atoms with van der Waals surface area (Å²) in [5.41, 5.74) is 0.388. The number of nitrogens with zero attached hydrogens (tertiary/aromatic N) is 1. The fourth-order valence-corrected chi connectivity index (χ4v) is 3.93. The van der Waals surface area contributed by atoms with Crippen molar-refractivity contribution in [1.82, 2.24) is 9.71 Å². The van der Waals surface area contributed by atoms with E-state index in [1.165, 1.54) is 0 Å². The molecule has 8 heteroatoms. The zero-order valence-corrected chi connectivity index (χ0v) is 11.3. The van der Waals surface area contributed by atoms with E-state index in [0.29, 0.717) is 5.69 Å². The summed E-state index contributed by atoms with van der Waals surface area (Å²) in [6.45, 7) is 3.46. The highest BCUT2D eigenvalue weighted by Gasteiger charge is 2.21. The number of rotatable bonds is 5. The highest BCUT2D eigenvalue weighted by molar-refractivity contribution is 7.91. The summed E-state index contributed by atoms with van der Waals surface area (Å²) in [6, 6.07) is 0. The highest BCUT2D eigenvalue weighted by Crippen LogP contribution is 2.26. The molecule has 5 nitrogen and oxygen atoms in total. The summed E-state index contributed by atoms with van der Waals surface area (Å²) in [5.74, 6) is -0.126. The summed E-state index contributed by atoms with van der Waals surface area (Å²) < 4.78 is 26.3. The second kappa shape index (κ2) is 5.42. The predicted molar refractivity (Wildman–Crippen MR) is 63.3 cm³/mol. The van der Waals surface area contributed by atoms with Crippen LogP contribution in [-0.2, 0) is 10.0 Å². The molecule has 0 aromatic carbocycles. The van der Waals surface area contributed by atoms with Crippen LogP contribution in [0.15, 0.2) is 4.21 Å². The molecule has 1 heterocycles. The number of hydrogen-bond donors (Lipinski definition) is 2. The molecule has 0 saturated carbocycles. The highest BCUT2D eigenvalue weighted by atomic mass is 35.5. The van der Waals surface area contributed by atoms with Gasteiger partial charge in [-0.15, -0.1) is 0 Å². The number of aliphatic hydroxyl groups is 1. The van der Waals surface area contributed by atoms with E-state index in [4.69, 9.17) is 16.7 Å². The first-order valence-corrected chi connectivity index (χ1v) is 7.28. The van der Waals surface area contributed by atoms with Gasteiger partial charge in [0.15, 0.2) is 8.68 Å². The molecule has 0 aliphatic rings. The van der Waals surface area contributed by atoms with Gasteiger partial charge in [0.05, 0.1) is 5.69 Å². The fraction of sp³-hybridized carbons (Fsp3) is 0.625. The van der Waals surface area contributed by atoms with E-state index in [2.05, 4.69) is 9.71 Å². The predicted octanol–water partition coefficient (Wildman–Crippen LogP) is 1.01. The number of thiazole rings is 1. The van der Waals surface area contributed by atoms with Crippen molar-refractivity contribution in [3.63, 3.8) is 0 Å². The zero-order chi connectivity index (χ0) is 12.3. The number of nitrogens with one attached hydrogen (secondary N) is 1. The molecule has 1 aromatic heterocycles. The first-order chi connectivity index (χ1) is 7.36. The van der Waals surface area contributed by atoms with Crippen LogP contribution in [0.25, 0.3) is 0 Å². The second-order valence-corrected chi connectivity index (χ2v) is 7.02. The third kappa shape index (κ3) is 3.39. The first-order valence-electron chi connectivity index (χ1n) is 4.60. The molecule has 0 aliphatic carbocycles. The Kier molecular flexibility index (Phi) is 4.69. The molecule has 2 N–H and O–H groups in total.